The largest absolute Gasteiger partial charge is 0.335 e. The predicted octanol–water partition coefficient (Wildman–Crippen LogP) is 3.06. The van der Waals surface area contributed by atoms with Gasteiger partial charge < -0.3 is 4.90 Å². The van der Waals surface area contributed by atoms with Gasteiger partial charge in [0.25, 0.3) is 5.91 Å². The SMILES string of the molecule is CCc1cccc(-n2nnc(C(=O)N3CCN(C(C)C)CC3)c2-c2ccncc2)c1. The Labute approximate surface area is 177 Å². The number of hydrogen-bond donors (Lipinski definition) is 0. The number of hydrogen-bond acceptors (Lipinski definition) is 5. The molecule has 30 heavy (non-hydrogen) atoms. The Bertz CT molecular complexity index is 1010. The van der Waals surface area contributed by atoms with Crippen LogP contribution in [0.1, 0.15) is 36.8 Å². The maximum absolute atomic E-state index is 13.4. The average Bonchev–Trinajstić information content (AvgIpc) is 3.24. The molecule has 0 bridgehead atoms. The molecule has 0 unspecified atom stereocenters. The van der Waals surface area contributed by atoms with Crippen molar-refractivity contribution in [3.63, 3.8) is 0 Å². The zero-order valence-electron chi connectivity index (χ0n) is 17.8. The summed E-state index contributed by atoms with van der Waals surface area (Å²) in [4.78, 5) is 21.8. The Kier molecular flexibility index (Phi) is 5.90. The molecule has 0 radical (unpaired) electrons. The minimum atomic E-state index is -0.0666. The maximum atomic E-state index is 13.4. The van der Waals surface area contributed by atoms with Crippen molar-refractivity contribution < 1.29 is 4.79 Å². The van der Waals surface area contributed by atoms with Crippen molar-refractivity contribution in [3.05, 3.63) is 60.0 Å². The Morgan fingerprint density at radius 3 is 2.47 bits per heavy atom. The van der Waals surface area contributed by atoms with Crippen molar-refractivity contribution in [2.45, 2.75) is 33.2 Å². The van der Waals surface area contributed by atoms with Crippen LogP contribution in [0.3, 0.4) is 0 Å². The van der Waals surface area contributed by atoms with Gasteiger partial charge in [-0.25, -0.2) is 4.68 Å². The minimum Gasteiger partial charge on any atom is -0.335 e. The number of aromatic nitrogens is 4. The van der Waals surface area contributed by atoms with Gasteiger partial charge in [-0.1, -0.05) is 24.3 Å². The molecule has 7 heteroatoms. The zero-order chi connectivity index (χ0) is 21.1. The summed E-state index contributed by atoms with van der Waals surface area (Å²) < 4.78 is 1.77. The van der Waals surface area contributed by atoms with E-state index in [2.05, 4.69) is 53.1 Å². The molecule has 1 saturated heterocycles. The standard InChI is InChI=1S/C23H28N6O/c1-4-18-6-5-7-20(16-18)29-22(19-8-10-24-11-9-19)21(25-26-29)23(30)28-14-12-27(13-15-28)17(2)3/h5-11,16-17H,4,12-15H2,1-3H3. The van der Waals surface area contributed by atoms with Gasteiger partial charge in [-0.2, -0.15) is 0 Å². The molecule has 7 nitrogen and oxygen atoms in total. The summed E-state index contributed by atoms with van der Waals surface area (Å²) >= 11 is 0. The molecule has 1 aliphatic heterocycles. The van der Waals surface area contributed by atoms with Gasteiger partial charge in [0.05, 0.1) is 5.69 Å². The summed E-state index contributed by atoms with van der Waals surface area (Å²) in [5.74, 6) is -0.0666. The molecule has 1 aromatic carbocycles. The second-order valence-corrected chi connectivity index (χ2v) is 7.88. The summed E-state index contributed by atoms with van der Waals surface area (Å²) in [6.45, 7) is 9.65. The normalized spacial score (nSPS) is 15.0. The molecule has 156 valence electrons. The van der Waals surface area contributed by atoms with Gasteiger partial charge >= 0.3 is 0 Å². The number of aryl methyl sites for hydroxylation is 1. The van der Waals surface area contributed by atoms with E-state index < -0.39 is 0 Å². The van der Waals surface area contributed by atoms with Crippen LogP contribution in [-0.2, 0) is 6.42 Å². The topological polar surface area (TPSA) is 67.2 Å². The summed E-state index contributed by atoms with van der Waals surface area (Å²) in [5.41, 5.74) is 4.09. The zero-order valence-corrected chi connectivity index (χ0v) is 17.8. The van der Waals surface area contributed by atoms with E-state index in [1.54, 1.807) is 17.1 Å². The van der Waals surface area contributed by atoms with E-state index >= 15 is 0 Å². The first-order chi connectivity index (χ1) is 14.6. The smallest absolute Gasteiger partial charge is 0.276 e. The monoisotopic (exact) mass is 404 g/mol. The van der Waals surface area contributed by atoms with Gasteiger partial charge in [-0.15, -0.1) is 5.10 Å². The van der Waals surface area contributed by atoms with E-state index in [1.165, 1.54) is 5.56 Å². The molecule has 0 N–H and O–H groups in total. The first-order valence-corrected chi connectivity index (χ1v) is 10.6. The van der Waals surface area contributed by atoms with Crippen molar-refractivity contribution in [2.75, 3.05) is 26.2 Å². The molecule has 3 aromatic rings. The van der Waals surface area contributed by atoms with Crippen LogP contribution >= 0.6 is 0 Å². The predicted molar refractivity (Wildman–Crippen MR) is 117 cm³/mol. The lowest BCUT2D eigenvalue weighted by molar-refractivity contribution is 0.0590. The molecule has 0 aliphatic carbocycles. The van der Waals surface area contributed by atoms with Gasteiger partial charge in [-0.05, 0) is 50.1 Å². The highest BCUT2D eigenvalue weighted by molar-refractivity contribution is 5.98. The van der Waals surface area contributed by atoms with Crippen LogP contribution in [0.2, 0.25) is 0 Å². The van der Waals surface area contributed by atoms with Crippen LogP contribution in [0, 0.1) is 0 Å². The quantitative estimate of drug-likeness (QED) is 0.654. The molecule has 2 aromatic heterocycles. The Hall–Kier alpha value is -3.06. The third-order valence-corrected chi connectivity index (χ3v) is 5.72. The molecule has 3 heterocycles. The highest BCUT2D eigenvalue weighted by Gasteiger charge is 2.29. The lowest BCUT2D eigenvalue weighted by Gasteiger charge is -2.36. The van der Waals surface area contributed by atoms with Gasteiger partial charge in [0, 0.05) is 50.2 Å². The van der Waals surface area contributed by atoms with E-state index in [4.69, 9.17) is 0 Å². The number of nitrogens with zero attached hydrogens (tertiary/aromatic N) is 6. The third-order valence-electron chi connectivity index (χ3n) is 5.72. The molecule has 1 fully saturated rings. The number of benzene rings is 1. The lowest BCUT2D eigenvalue weighted by Crippen LogP contribution is -2.50. The molecule has 1 amide bonds. The van der Waals surface area contributed by atoms with Crippen molar-refractivity contribution in [2.24, 2.45) is 0 Å². The summed E-state index contributed by atoms with van der Waals surface area (Å²) in [5, 5.41) is 8.73. The van der Waals surface area contributed by atoms with Gasteiger partial charge in [-0.3, -0.25) is 14.7 Å². The van der Waals surface area contributed by atoms with Gasteiger partial charge in [0.15, 0.2) is 5.69 Å². The first kappa shape index (κ1) is 20.2. The minimum absolute atomic E-state index is 0.0666. The maximum Gasteiger partial charge on any atom is 0.276 e. The van der Waals surface area contributed by atoms with E-state index in [9.17, 15) is 4.79 Å². The number of carbonyl (C=O) groups is 1. The number of amides is 1. The van der Waals surface area contributed by atoms with Crippen molar-refractivity contribution in [3.8, 4) is 16.9 Å². The second-order valence-electron chi connectivity index (χ2n) is 7.88. The number of pyridine rings is 1. The third kappa shape index (κ3) is 3.98. The van der Waals surface area contributed by atoms with Crippen LogP contribution in [0.15, 0.2) is 48.8 Å². The fourth-order valence-electron chi connectivity index (χ4n) is 3.87. The van der Waals surface area contributed by atoms with E-state index in [0.29, 0.717) is 30.5 Å². The molecule has 0 atom stereocenters. The fraction of sp³-hybridized carbons (Fsp3) is 0.391. The Balaban J connectivity index is 1.72. The molecule has 0 spiro atoms. The van der Waals surface area contributed by atoms with Crippen LogP contribution in [0.4, 0.5) is 0 Å². The number of rotatable bonds is 5. The van der Waals surface area contributed by atoms with Crippen LogP contribution in [0.5, 0.6) is 0 Å². The Morgan fingerprint density at radius 2 is 1.80 bits per heavy atom. The molecular formula is C23H28N6O. The Morgan fingerprint density at radius 1 is 1.07 bits per heavy atom. The molecular weight excluding hydrogens is 376 g/mol. The van der Waals surface area contributed by atoms with Crippen LogP contribution in [-0.4, -0.2) is 67.9 Å². The number of carbonyl (C=O) groups excluding carboxylic acids is 1. The van der Waals surface area contributed by atoms with Gasteiger partial charge in [0.1, 0.15) is 5.69 Å². The molecule has 0 saturated carbocycles. The number of piperazine rings is 1. The molecule has 1 aliphatic rings. The van der Waals surface area contributed by atoms with E-state index in [1.807, 2.05) is 29.2 Å². The fourth-order valence-corrected chi connectivity index (χ4v) is 3.87. The van der Waals surface area contributed by atoms with E-state index in [-0.39, 0.29) is 5.91 Å². The van der Waals surface area contributed by atoms with Gasteiger partial charge in [0.2, 0.25) is 0 Å². The molecule has 4 rings (SSSR count). The van der Waals surface area contributed by atoms with Crippen molar-refractivity contribution in [1.29, 1.82) is 0 Å². The highest BCUT2D eigenvalue weighted by Crippen LogP contribution is 2.26. The summed E-state index contributed by atoms with van der Waals surface area (Å²) in [7, 11) is 0. The van der Waals surface area contributed by atoms with Crippen molar-refractivity contribution in [1.82, 2.24) is 29.8 Å². The summed E-state index contributed by atoms with van der Waals surface area (Å²) in [6.07, 6.45) is 4.38. The van der Waals surface area contributed by atoms with Crippen LogP contribution in [0.25, 0.3) is 16.9 Å². The average molecular weight is 405 g/mol. The lowest BCUT2D eigenvalue weighted by atomic mass is 10.1. The van der Waals surface area contributed by atoms with Crippen molar-refractivity contribution >= 4 is 5.91 Å². The van der Waals surface area contributed by atoms with Crippen LogP contribution < -0.4 is 0 Å². The first-order valence-electron chi connectivity index (χ1n) is 10.6. The highest BCUT2D eigenvalue weighted by atomic mass is 16.2. The second kappa shape index (κ2) is 8.75. The summed E-state index contributed by atoms with van der Waals surface area (Å²) in [6, 6.07) is 12.5. The van der Waals surface area contributed by atoms with E-state index in [0.717, 1.165) is 30.8 Å².